The van der Waals surface area contributed by atoms with Gasteiger partial charge in [0.15, 0.2) is 0 Å². The van der Waals surface area contributed by atoms with E-state index < -0.39 is 0 Å². The molecular formula is C19H11N3S. The minimum atomic E-state index is 0.931. The summed E-state index contributed by atoms with van der Waals surface area (Å²) in [5, 5.41) is 4.67. The van der Waals surface area contributed by atoms with Crippen LogP contribution in [0.4, 0.5) is 0 Å². The van der Waals surface area contributed by atoms with Gasteiger partial charge in [-0.1, -0.05) is 24.3 Å². The van der Waals surface area contributed by atoms with E-state index in [9.17, 15) is 0 Å². The first-order valence-corrected chi connectivity index (χ1v) is 8.20. The van der Waals surface area contributed by atoms with Crippen LogP contribution in [0.25, 0.3) is 42.5 Å². The molecule has 0 aliphatic carbocycles. The van der Waals surface area contributed by atoms with Gasteiger partial charge in [0.1, 0.15) is 10.5 Å². The minimum Gasteiger partial charge on any atom is -0.254 e. The third kappa shape index (κ3) is 1.85. The number of fused-ring (bicyclic) bond motifs is 4. The monoisotopic (exact) mass is 313 g/mol. The normalized spacial score (nSPS) is 11.5. The fourth-order valence-corrected chi connectivity index (χ4v) is 4.14. The Morgan fingerprint density at radius 2 is 1.43 bits per heavy atom. The van der Waals surface area contributed by atoms with Gasteiger partial charge in [-0.25, -0.2) is 4.98 Å². The van der Waals surface area contributed by atoms with E-state index in [1.807, 2.05) is 42.9 Å². The van der Waals surface area contributed by atoms with Gasteiger partial charge < -0.3 is 0 Å². The molecule has 4 aromatic heterocycles. The number of hydrogen-bond donors (Lipinski definition) is 0. The second-order valence-corrected chi connectivity index (χ2v) is 6.37. The van der Waals surface area contributed by atoms with E-state index in [0.717, 1.165) is 26.3 Å². The lowest BCUT2D eigenvalue weighted by atomic mass is 10.1. The van der Waals surface area contributed by atoms with Gasteiger partial charge in [-0.05, 0) is 29.7 Å². The summed E-state index contributed by atoms with van der Waals surface area (Å²) in [6, 6.07) is 16.5. The van der Waals surface area contributed by atoms with Gasteiger partial charge in [0.2, 0.25) is 0 Å². The Hall–Kier alpha value is -2.85. The van der Waals surface area contributed by atoms with Crippen molar-refractivity contribution >= 4 is 42.4 Å². The standard InChI is InChI=1S/C19H11N3S/c1-2-5-13-12(4-1)7-10-20-16(13)17-18-14(8-11-21-17)15-6-3-9-22-19(15)23-18/h1-11H. The summed E-state index contributed by atoms with van der Waals surface area (Å²) in [5.74, 6) is 0. The summed E-state index contributed by atoms with van der Waals surface area (Å²) in [6.07, 6.45) is 5.55. The van der Waals surface area contributed by atoms with Gasteiger partial charge in [0, 0.05) is 34.7 Å². The molecule has 1 aromatic carbocycles. The van der Waals surface area contributed by atoms with Crippen LogP contribution < -0.4 is 0 Å². The Balaban J connectivity index is 1.93. The van der Waals surface area contributed by atoms with E-state index in [0.29, 0.717) is 0 Å². The smallest absolute Gasteiger partial charge is 0.124 e. The van der Waals surface area contributed by atoms with Crippen LogP contribution in [-0.4, -0.2) is 15.0 Å². The maximum Gasteiger partial charge on any atom is 0.124 e. The quantitative estimate of drug-likeness (QED) is 0.434. The number of benzene rings is 1. The molecule has 0 fully saturated rings. The molecule has 0 spiro atoms. The highest BCUT2D eigenvalue weighted by Gasteiger charge is 2.14. The van der Waals surface area contributed by atoms with Crippen LogP contribution in [0.3, 0.4) is 0 Å². The lowest BCUT2D eigenvalue weighted by molar-refractivity contribution is 1.29. The zero-order valence-corrected chi connectivity index (χ0v) is 12.9. The molecule has 0 saturated carbocycles. The van der Waals surface area contributed by atoms with E-state index in [2.05, 4.69) is 39.2 Å². The highest BCUT2D eigenvalue weighted by Crippen LogP contribution is 2.38. The Labute approximate surface area is 136 Å². The Bertz CT molecular complexity index is 1170. The minimum absolute atomic E-state index is 0.931. The van der Waals surface area contributed by atoms with Crippen molar-refractivity contribution in [2.75, 3.05) is 0 Å². The molecule has 0 saturated heterocycles. The summed E-state index contributed by atoms with van der Waals surface area (Å²) in [4.78, 5) is 14.8. The highest BCUT2D eigenvalue weighted by molar-refractivity contribution is 7.26. The average Bonchev–Trinajstić information content (AvgIpc) is 3.00. The van der Waals surface area contributed by atoms with Crippen molar-refractivity contribution < 1.29 is 0 Å². The molecule has 0 aliphatic rings. The predicted octanol–water partition coefficient (Wildman–Crippen LogP) is 5.06. The molecule has 0 unspecified atom stereocenters. The number of rotatable bonds is 1. The maximum atomic E-state index is 4.64. The summed E-state index contributed by atoms with van der Waals surface area (Å²) in [7, 11) is 0. The summed E-state index contributed by atoms with van der Waals surface area (Å²) < 4.78 is 1.14. The third-order valence-electron chi connectivity index (χ3n) is 4.06. The van der Waals surface area contributed by atoms with Gasteiger partial charge >= 0.3 is 0 Å². The zero-order valence-electron chi connectivity index (χ0n) is 12.1. The molecular weight excluding hydrogens is 302 g/mol. The summed E-state index contributed by atoms with van der Waals surface area (Å²) in [5.41, 5.74) is 1.86. The van der Waals surface area contributed by atoms with E-state index in [1.54, 1.807) is 11.3 Å². The van der Waals surface area contributed by atoms with Crippen molar-refractivity contribution in [1.29, 1.82) is 0 Å². The van der Waals surface area contributed by atoms with Gasteiger partial charge in [-0.3, -0.25) is 9.97 Å². The largest absolute Gasteiger partial charge is 0.254 e. The molecule has 0 radical (unpaired) electrons. The first-order chi connectivity index (χ1) is 11.4. The molecule has 5 rings (SSSR count). The molecule has 23 heavy (non-hydrogen) atoms. The molecule has 108 valence electrons. The fourth-order valence-electron chi connectivity index (χ4n) is 3.01. The predicted molar refractivity (Wildman–Crippen MR) is 95.7 cm³/mol. The van der Waals surface area contributed by atoms with Crippen LogP contribution in [0.15, 0.2) is 67.1 Å². The summed E-state index contributed by atoms with van der Waals surface area (Å²) in [6.45, 7) is 0. The first-order valence-electron chi connectivity index (χ1n) is 7.38. The second-order valence-electron chi connectivity index (χ2n) is 5.38. The van der Waals surface area contributed by atoms with E-state index in [-0.39, 0.29) is 0 Å². The van der Waals surface area contributed by atoms with Gasteiger partial charge in [0.05, 0.1) is 10.4 Å². The molecule has 0 atom stereocenters. The number of hydrogen-bond acceptors (Lipinski definition) is 4. The summed E-state index contributed by atoms with van der Waals surface area (Å²) >= 11 is 1.68. The third-order valence-corrected chi connectivity index (χ3v) is 5.20. The number of aromatic nitrogens is 3. The van der Waals surface area contributed by atoms with Crippen LogP contribution in [0, 0.1) is 0 Å². The van der Waals surface area contributed by atoms with E-state index in [4.69, 9.17) is 0 Å². The zero-order chi connectivity index (χ0) is 15.2. The van der Waals surface area contributed by atoms with Crippen molar-refractivity contribution in [3.63, 3.8) is 0 Å². The molecule has 4 heterocycles. The van der Waals surface area contributed by atoms with E-state index in [1.165, 1.54) is 16.2 Å². The van der Waals surface area contributed by atoms with Crippen molar-refractivity contribution in [2.24, 2.45) is 0 Å². The van der Waals surface area contributed by atoms with Crippen LogP contribution >= 0.6 is 11.3 Å². The number of thiophene rings is 1. The molecule has 0 bridgehead atoms. The van der Waals surface area contributed by atoms with Crippen LogP contribution in [-0.2, 0) is 0 Å². The van der Waals surface area contributed by atoms with Gasteiger partial charge in [-0.2, -0.15) is 0 Å². The van der Waals surface area contributed by atoms with Gasteiger partial charge in [0.25, 0.3) is 0 Å². The van der Waals surface area contributed by atoms with Crippen LogP contribution in [0.1, 0.15) is 0 Å². The van der Waals surface area contributed by atoms with Crippen molar-refractivity contribution in [3.05, 3.63) is 67.1 Å². The Kier molecular flexibility index (Phi) is 2.66. The Morgan fingerprint density at radius 1 is 0.609 bits per heavy atom. The lowest BCUT2D eigenvalue weighted by Crippen LogP contribution is -1.89. The lowest BCUT2D eigenvalue weighted by Gasteiger charge is -2.05. The van der Waals surface area contributed by atoms with Crippen LogP contribution in [0.5, 0.6) is 0 Å². The number of nitrogens with zero attached hydrogens (tertiary/aromatic N) is 3. The maximum absolute atomic E-state index is 4.64. The molecule has 3 nitrogen and oxygen atoms in total. The number of pyridine rings is 3. The molecule has 0 aliphatic heterocycles. The van der Waals surface area contributed by atoms with Crippen LogP contribution in [0.2, 0.25) is 0 Å². The van der Waals surface area contributed by atoms with Crippen molar-refractivity contribution in [2.45, 2.75) is 0 Å². The molecule has 5 aromatic rings. The van der Waals surface area contributed by atoms with Crippen molar-refractivity contribution in [1.82, 2.24) is 15.0 Å². The first kappa shape index (κ1) is 12.7. The van der Waals surface area contributed by atoms with Gasteiger partial charge in [-0.15, -0.1) is 11.3 Å². The fraction of sp³-hybridized carbons (Fsp3) is 0. The molecule has 0 N–H and O–H groups in total. The molecule has 4 heteroatoms. The SMILES string of the molecule is c1ccc2c(-c3nccc4c3sc3ncccc34)nccc2c1. The second kappa shape index (κ2) is 4.83. The molecule has 0 amide bonds. The highest BCUT2D eigenvalue weighted by atomic mass is 32.1. The van der Waals surface area contributed by atoms with Crippen molar-refractivity contribution in [3.8, 4) is 11.4 Å². The van der Waals surface area contributed by atoms with E-state index >= 15 is 0 Å². The average molecular weight is 313 g/mol. The Morgan fingerprint density at radius 3 is 2.43 bits per heavy atom. The topological polar surface area (TPSA) is 38.7 Å².